The fourth-order valence-electron chi connectivity index (χ4n) is 1.38. The second-order valence-electron chi connectivity index (χ2n) is 3.03. The van der Waals surface area contributed by atoms with Gasteiger partial charge < -0.3 is 14.6 Å². The minimum absolute atomic E-state index is 0.468. The zero-order chi connectivity index (χ0) is 10.1. The SMILES string of the molecule is COc1ccc2c(c1)C(O)OC(C)=N2. The monoisotopic (exact) mass is 193 g/mol. The first-order chi connectivity index (χ1) is 6.70. The molecule has 74 valence electrons. The highest BCUT2D eigenvalue weighted by Crippen LogP contribution is 2.33. The first-order valence-corrected chi connectivity index (χ1v) is 4.28. The summed E-state index contributed by atoms with van der Waals surface area (Å²) in [5.41, 5.74) is 1.36. The fraction of sp³-hybridized carbons (Fsp3) is 0.300. The zero-order valence-electron chi connectivity index (χ0n) is 8.02. The Balaban J connectivity index is 2.49. The second kappa shape index (κ2) is 3.31. The van der Waals surface area contributed by atoms with E-state index in [4.69, 9.17) is 9.47 Å². The van der Waals surface area contributed by atoms with E-state index in [1.807, 2.05) is 0 Å². The van der Waals surface area contributed by atoms with E-state index in [0.29, 0.717) is 17.2 Å². The molecule has 1 aliphatic rings. The van der Waals surface area contributed by atoms with E-state index in [2.05, 4.69) is 4.99 Å². The van der Waals surface area contributed by atoms with Crippen molar-refractivity contribution in [3.8, 4) is 5.75 Å². The summed E-state index contributed by atoms with van der Waals surface area (Å²) in [6.45, 7) is 1.70. The molecule has 0 radical (unpaired) electrons. The lowest BCUT2D eigenvalue weighted by Gasteiger charge is -2.20. The van der Waals surface area contributed by atoms with Gasteiger partial charge in [0, 0.05) is 12.5 Å². The molecule has 1 unspecified atom stereocenters. The van der Waals surface area contributed by atoms with E-state index in [-0.39, 0.29) is 0 Å². The summed E-state index contributed by atoms with van der Waals surface area (Å²) in [4.78, 5) is 4.15. The van der Waals surface area contributed by atoms with Gasteiger partial charge in [-0.15, -0.1) is 0 Å². The third kappa shape index (κ3) is 1.44. The first kappa shape index (κ1) is 9.02. The number of rotatable bonds is 1. The largest absolute Gasteiger partial charge is 0.497 e. The lowest BCUT2D eigenvalue weighted by atomic mass is 10.1. The number of nitrogens with zero attached hydrogens (tertiary/aromatic N) is 1. The number of benzene rings is 1. The molecule has 1 N–H and O–H groups in total. The van der Waals surface area contributed by atoms with Crippen LogP contribution in [0.3, 0.4) is 0 Å². The number of aliphatic hydroxyl groups excluding tert-OH is 1. The van der Waals surface area contributed by atoms with Crippen molar-refractivity contribution in [2.24, 2.45) is 4.99 Å². The zero-order valence-corrected chi connectivity index (χ0v) is 8.02. The average Bonchev–Trinajstić information content (AvgIpc) is 2.17. The molecular formula is C10H11NO3. The van der Waals surface area contributed by atoms with Gasteiger partial charge >= 0.3 is 0 Å². The van der Waals surface area contributed by atoms with Crippen molar-refractivity contribution in [3.63, 3.8) is 0 Å². The molecule has 2 rings (SSSR count). The maximum Gasteiger partial charge on any atom is 0.227 e. The van der Waals surface area contributed by atoms with Crippen molar-refractivity contribution in [3.05, 3.63) is 23.8 Å². The Bertz CT molecular complexity index is 387. The van der Waals surface area contributed by atoms with E-state index in [1.54, 1.807) is 32.2 Å². The van der Waals surface area contributed by atoms with Crippen LogP contribution in [0.2, 0.25) is 0 Å². The summed E-state index contributed by atoms with van der Waals surface area (Å²) in [7, 11) is 1.58. The van der Waals surface area contributed by atoms with Crippen LogP contribution in [0.4, 0.5) is 5.69 Å². The molecule has 0 bridgehead atoms. The number of aliphatic hydroxyl groups is 1. The predicted molar refractivity (Wildman–Crippen MR) is 51.8 cm³/mol. The van der Waals surface area contributed by atoms with Gasteiger partial charge in [0.2, 0.25) is 6.29 Å². The van der Waals surface area contributed by atoms with Crippen LogP contribution < -0.4 is 4.74 Å². The highest BCUT2D eigenvalue weighted by molar-refractivity contribution is 5.79. The predicted octanol–water partition coefficient (Wildman–Crippen LogP) is 1.77. The summed E-state index contributed by atoms with van der Waals surface area (Å²) >= 11 is 0. The Morgan fingerprint density at radius 2 is 2.29 bits per heavy atom. The molecule has 0 amide bonds. The van der Waals surface area contributed by atoms with E-state index < -0.39 is 6.29 Å². The van der Waals surface area contributed by atoms with Gasteiger partial charge in [0.25, 0.3) is 0 Å². The first-order valence-electron chi connectivity index (χ1n) is 4.28. The highest BCUT2D eigenvalue weighted by atomic mass is 16.6. The van der Waals surface area contributed by atoms with Gasteiger partial charge in [-0.2, -0.15) is 0 Å². The standard InChI is InChI=1S/C10H11NO3/c1-6-11-9-4-3-7(13-2)5-8(9)10(12)14-6/h3-5,10,12H,1-2H3. The molecule has 0 fully saturated rings. The van der Waals surface area contributed by atoms with E-state index in [9.17, 15) is 5.11 Å². The summed E-state index contributed by atoms with van der Waals surface area (Å²) in [6.07, 6.45) is -0.947. The molecule has 1 aliphatic heterocycles. The second-order valence-corrected chi connectivity index (χ2v) is 3.03. The lowest BCUT2D eigenvalue weighted by molar-refractivity contribution is -0.0329. The van der Waals surface area contributed by atoms with E-state index in [0.717, 1.165) is 5.69 Å². The Morgan fingerprint density at radius 3 is 3.00 bits per heavy atom. The van der Waals surface area contributed by atoms with Crippen LogP contribution in [0.15, 0.2) is 23.2 Å². The van der Waals surface area contributed by atoms with E-state index >= 15 is 0 Å². The summed E-state index contributed by atoms with van der Waals surface area (Å²) in [5, 5.41) is 9.59. The van der Waals surface area contributed by atoms with E-state index in [1.165, 1.54) is 0 Å². The Morgan fingerprint density at radius 1 is 1.50 bits per heavy atom. The van der Waals surface area contributed by atoms with Gasteiger partial charge in [-0.3, -0.25) is 0 Å². The minimum atomic E-state index is -0.947. The summed E-state index contributed by atoms with van der Waals surface area (Å²) in [5.74, 6) is 1.15. The quantitative estimate of drug-likeness (QED) is 0.739. The third-order valence-electron chi connectivity index (χ3n) is 2.06. The average molecular weight is 193 g/mol. The Labute approximate surface area is 81.8 Å². The molecule has 0 aliphatic carbocycles. The number of ether oxygens (including phenoxy) is 2. The van der Waals surface area contributed by atoms with Crippen molar-refractivity contribution in [1.29, 1.82) is 0 Å². The van der Waals surface area contributed by atoms with Crippen LogP contribution in [0, 0.1) is 0 Å². The van der Waals surface area contributed by atoms with Crippen molar-refractivity contribution < 1.29 is 14.6 Å². The number of hydrogen-bond donors (Lipinski definition) is 1. The van der Waals surface area contributed by atoms with Gasteiger partial charge in [-0.1, -0.05) is 0 Å². The summed E-state index contributed by atoms with van der Waals surface area (Å²) in [6, 6.07) is 5.31. The van der Waals surface area contributed by atoms with Crippen molar-refractivity contribution in [2.45, 2.75) is 13.2 Å². The Hall–Kier alpha value is -1.55. The minimum Gasteiger partial charge on any atom is -0.497 e. The number of fused-ring (bicyclic) bond motifs is 1. The van der Waals surface area contributed by atoms with Crippen LogP contribution >= 0.6 is 0 Å². The topological polar surface area (TPSA) is 51.0 Å². The van der Waals surface area contributed by atoms with Gasteiger partial charge in [-0.25, -0.2) is 4.99 Å². The van der Waals surface area contributed by atoms with Gasteiger partial charge in [0.15, 0.2) is 5.90 Å². The van der Waals surface area contributed by atoms with Gasteiger partial charge in [0.05, 0.1) is 12.8 Å². The fourth-order valence-corrected chi connectivity index (χ4v) is 1.38. The molecule has 4 nitrogen and oxygen atoms in total. The van der Waals surface area contributed by atoms with Gasteiger partial charge in [-0.05, 0) is 18.2 Å². The van der Waals surface area contributed by atoms with Crippen LogP contribution in [-0.2, 0) is 4.74 Å². The normalized spacial score (nSPS) is 19.4. The molecule has 0 saturated carbocycles. The molecule has 1 atom stereocenters. The maximum atomic E-state index is 9.59. The molecule has 0 spiro atoms. The maximum absolute atomic E-state index is 9.59. The highest BCUT2D eigenvalue weighted by Gasteiger charge is 2.19. The third-order valence-corrected chi connectivity index (χ3v) is 2.06. The van der Waals surface area contributed by atoms with Crippen LogP contribution in [0.1, 0.15) is 18.8 Å². The molecule has 0 saturated heterocycles. The lowest BCUT2D eigenvalue weighted by Crippen LogP contribution is -2.12. The molecule has 0 aromatic heterocycles. The molecule has 14 heavy (non-hydrogen) atoms. The van der Waals surface area contributed by atoms with Crippen molar-refractivity contribution in [1.82, 2.24) is 0 Å². The van der Waals surface area contributed by atoms with Crippen LogP contribution in [0.25, 0.3) is 0 Å². The molecule has 1 aromatic carbocycles. The molecule has 1 aromatic rings. The smallest absolute Gasteiger partial charge is 0.227 e. The van der Waals surface area contributed by atoms with Crippen LogP contribution in [0.5, 0.6) is 5.75 Å². The van der Waals surface area contributed by atoms with Crippen LogP contribution in [-0.4, -0.2) is 18.1 Å². The molecule has 1 heterocycles. The molecular weight excluding hydrogens is 182 g/mol. The number of methoxy groups -OCH3 is 1. The van der Waals surface area contributed by atoms with Gasteiger partial charge in [0.1, 0.15) is 5.75 Å². The Kier molecular flexibility index (Phi) is 2.13. The van der Waals surface area contributed by atoms with Crippen molar-refractivity contribution >= 4 is 11.6 Å². The number of aliphatic imine (C=N–C) groups is 1. The van der Waals surface area contributed by atoms with Crippen molar-refractivity contribution in [2.75, 3.05) is 7.11 Å². The molecule has 4 heteroatoms. The number of hydrogen-bond acceptors (Lipinski definition) is 4. The summed E-state index contributed by atoms with van der Waals surface area (Å²) < 4.78 is 10.1.